The lowest BCUT2D eigenvalue weighted by molar-refractivity contribution is -0.141. The Balaban J connectivity index is 1.20. The third-order valence-corrected chi connectivity index (χ3v) is 8.77. The van der Waals surface area contributed by atoms with Crippen LogP contribution in [-0.4, -0.2) is 45.8 Å². The molecule has 4 aliphatic rings. The molecule has 0 saturated heterocycles. The largest absolute Gasteiger partial charge is 0.394 e. The summed E-state index contributed by atoms with van der Waals surface area (Å²) in [7, 11) is 0. The predicted molar refractivity (Wildman–Crippen MR) is 134 cm³/mol. The van der Waals surface area contributed by atoms with Crippen LogP contribution in [0.3, 0.4) is 0 Å². The molecule has 3 amide bonds. The van der Waals surface area contributed by atoms with E-state index in [9.17, 15) is 24.2 Å². The molecule has 8 heteroatoms. The van der Waals surface area contributed by atoms with Crippen molar-refractivity contribution in [3.63, 3.8) is 0 Å². The average Bonchev–Trinajstić information content (AvgIpc) is 3.33. The zero-order chi connectivity index (χ0) is 25.6. The number of benzene rings is 2. The van der Waals surface area contributed by atoms with Gasteiger partial charge in [-0.15, -0.1) is 0 Å². The Morgan fingerprint density at radius 3 is 2.17 bits per heavy atom. The average molecular weight is 496 g/mol. The van der Waals surface area contributed by atoms with Crippen LogP contribution in [-0.2, 0) is 23.3 Å². The van der Waals surface area contributed by atoms with Gasteiger partial charge in [0.1, 0.15) is 5.82 Å². The topological polar surface area (TPSA) is 102 Å². The van der Waals surface area contributed by atoms with E-state index in [1.54, 1.807) is 17.9 Å². The van der Waals surface area contributed by atoms with Gasteiger partial charge in [-0.25, -0.2) is 9.18 Å². The summed E-state index contributed by atoms with van der Waals surface area (Å²) >= 11 is 0. The number of urea groups is 1. The fraction of sp³-hybridized carbons (Fsp3) is 0.500. The maximum Gasteiger partial charge on any atom is 0.322 e. The van der Waals surface area contributed by atoms with Crippen molar-refractivity contribution < 1.29 is 24.2 Å². The molecule has 7 nitrogen and oxygen atoms in total. The first-order chi connectivity index (χ1) is 17.2. The molecule has 0 aromatic heterocycles. The molecule has 4 N–H and O–H groups in total. The molecule has 2 aromatic rings. The number of nitrogens with zero attached hydrogens (tertiary/aromatic N) is 1. The van der Waals surface area contributed by atoms with Gasteiger partial charge in [0.15, 0.2) is 0 Å². The van der Waals surface area contributed by atoms with E-state index in [0.29, 0.717) is 13.1 Å². The van der Waals surface area contributed by atoms with Crippen LogP contribution in [0, 0.1) is 11.2 Å². The normalized spacial score (nSPS) is 24.9. The van der Waals surface area contributed by atoms with Gasteiger partial charge in [-0.2, -0.15) is 0 Å². The lowest BCUT2D eigenvalue weighted by Gasteiger charge is -2.53. The van der Waals surface area contributed by atoms with Gasteiger partial charge in [0.05, 0.1) is 18.8 Å². The van der Waals surface area contributed by atoms with E-state index in [2.05, 4.69) is 22.8 Å². The van der Waals surface area contributed by atoms with Gasteiger partial charge in [0.25, 0.3) is 0 Å². The number of hydrogen-bond acceptors (Lipinski definition) is 4. The third kappa shape index (κ3) is 4.37. The van der Waals surface area contributed by atoms with Crippen LogP contribution in [0.25, 0.3) is 0 Å². The summed E-state index contributed by atoms with van der Waals surface area (Å²) in [4.78, 5) is 27.5. The molecule has 3 aliphatic carbocycles. The van der Waals surface area contributed by atoms with Gasteiger partial charge in [-0.1, -0.05) is 18.2 Å². The molecule has 36 heavy (non-hydrogen) atoms. The van der Waals surface area contributed by atoms with Crippen molar-refractivity contribution in [2.24, 2.45) is 5.41 Å². The van der Waals surface area contributed by atoms with Crippen molar-refractivity contribution in [1.82, 2.24) is 10.2 Å². The van der Waals surface area contributed by atoms with Crippen molar-refractivity contribution in [2.75, 3.05) is 18.5 Å². The van der Waals surface area contributed by atoms with E-state index in [4.69, 9.17) is 0 Å². The Morgan fingerprint density at radius 1 is 0.944 bits per heavy atom. The van der Waals surface area contributed by atoms with E-state index in [-0.39, 0.29) is 36.4 Å². The van der Waals surface area contributed by atoms with E-state index >= 15 is 0 Å². The van der Waals surface area contributed by atoms with E-state index in [0.717, 1.165) is 55.3 Å². The fourth-order valence-electron chi connectivity index (χ4n) is 6.11. The minimum atomic E-state index is -1.01. The standard InChI is InChI=1S/C28H34FN3O4/c1-26(17-33,18-34)31-24(35)28-11-8-27(9-12-28,10-13-28)21-3-6-23(7-4-21)30-25(36)32-15-19-2-5-22(29)14-20(19)16-32/h2-7,14,33-34H,8-13,15-18H2,1H3,(H,30,36)(H,31,35). The highest BCUT2D eigenvalue weighted by atomic mass is 19.1. The molecule has 2 bridgehead atoms. The number of fused-ring (bicyclic) bond motifs is 4. The predicted octanol–water partition coefficient (Wildman–Crippen LogP) is 3.82. The Hall–Kier alpha value is -2.97. The fourth-order valence-corrected chi connectivity index (χ4v) is 6.11. The van der Waals surface area contributed by atoms with Gasteiger partial charge in [0.2, 0.25) is 5.91 Å². The van der Waals surface area contributed by atoms with Gasteiger partial charge in [-0.05, 0) is 91.8 Å². The highest BCUT2D eigenvalue weighted by Gasteiger charge is 2.53. The Bertz CT molecular complexity index is 1140. The number of carbonyl (C=O) groups is 2. The summed E-state index contributed by atoms with van der Waals surface area (Å²) in [5.41, 5.74) is 2.35. The summed E-state index contributed by atoms with van der Waals surface area (Å²) in [6.45, 7) is 1.90. The molecule has 1 aliphatic heterocycles. The van der Waals surface area contributed by atoms with Gasteiger partial charge >= 0.3 is 6.03 Å². The molecule has 192 valence electrons. The molecule has 2 aromatic carbocycles. The second-order valence-electron chi connectivity index (χ2n) is 11.2. The number of amides is 3. The quantitative estimate of drug-likeness (QED) is 0.489. The first kappa shape index (κ1) is 24.7. The van der Waals surface area contributed by atoms with Crippen LogP contribution in [0.4, 0.5) is 14.9 Å². The Kier molecular flexibility index (Phi) is 6.29. The van der Waals surface area contributed by atoms with Crippen LogP contribution >= 0.6 is 0 Å². The number of nitrogens with one attached hydrogen (secondary N) is 2. The van der Waals surface area contributed by atoms with Crippen LogP contribution in [0.1, 0.15) is 62.1 Å². The second kappa shape index (κ2) is 9.16. The highest BCUT2D eigenvalue weighted by Crippen LogP contribution is 2.58. The van der Waals surface area contributed by atoms with E-state index < -0.39 is 11.0 Å². The smallest absolute Gasteiger partial charge is 0.322 e. The first-order valence-corrected chi connectivity index (χ1v) is 12.7. The van der Waals surface area contributed by atoms with E-state index in [1.807, 2.05) is 12.1 Å². The van der Waals surface area contributed by atoms with Crippen LogP contribution < -0.4 is 10.6 Å². The molecular formula is C28H34FN3O4. The van der Waals surface area contributed by atoms with Crippen LogP contribution in [0.2, 0.25) is 0 Å². The molecule has 6 rings (SSSR count). The number of aliphatic hydroxyl groups is 2. The SMILES string of the molecule is CC(CO)(CO)NC(=O)C12CCC(c3ccc(NC(=O)N4Cc5ccc(F)cc5C4)cc3)(CC1)CC2. The summed E-state index contributed by atoms with van der Waals surface area (Å²) in [5.74, 6) is -0.352. The molecule has 1 heterocycles. The zero-order valence-corrected chi connectivity index (χ0v) is 20.6. The summed E-state index contributed by atoms with van der Waals surface area (Å²) in [6.07, 6.45) is 5.05. The monoisotopic (exact) mass is 495 g/mol. The maximum absolute atomic E-state index is 13.5. The number of hydrogen-bond donors (Lipinski definition) is 4. The molecule has 0 unspecified atom stereocenters. The van der Waals surface area contributed by atoms with Gasteiger partial charge in [-0.3, -0.25) is 4.79 Å². The molecule has 0 radical (unpaired) electrons. The number of halogens is 1. The van der Waals surface area contributed by atoms with Crippen LogP contribution in [0.5, 0.6) is 0 Å². The van der Waals surface area contributed by atoms with Crippen molar-refractivity contribution in [3.8, 4) is 0 Å². The summed E-state index contributed by atoms with van der Waals surface area (Å²) in [5, 5.41) is 25.0. The van der Waals surface area contributed by atoms with Gasteiger partial charge in [0, 0.05) is 24.2 Å². The number of carbonyl (C=O) groups excluding carboxylic acids is 2. The highest BCUT2D eigenvalue weighted by molar-refractivity contribution is 5.89. The maximum atomic E-state index is 13.5. The lowest BCUT2D eigenvalue weighted by Crippen LogP contribution is -2.59. The van der Waals surface area contributed by atoms with Crippen molar-refractivity contribution in [3.05, 3.63) is 65.0 Å². The lowest BCUT2D eigenvalue weighted by atomic mass is 9.51. The van der Waals surface area contributed by atoms with E-state index in [1.165, 1.54) is 17.7 Å². The number of rotatable bonds is 6. The van der Waals surface area contributed by atoms with Crippen molar-refractivity contribution in [2.45, 2.75) is 69.5 Å². The number of aliphatic hydroxyl groups excluding tert-OH is 2. The minimum absolute atomic E-state index is 0.0303. The molecule has 0 atom stereocenters. The molecule has 3 fully saturated rings. The summed E-state index contributed by atoms with van der Waals surface area (Å²) < 4.78 is 13.5. The molecular weight excluding hydrogens is 461 g/mol. The summed E-state index contributed by atoms with van der Waals surface area (Å²) in [6, 6.07) is 12.5. The zero-order valence-electron chi connectivity index (χ0n) is 20.6. The van der Waals surface area contributed by atoms with Gasteiger partial charge < -0.3 is 25.7 Å². The first-order valence-electron chi connectivity index (χ1n) is 12.7. The minimum Gasteiger partial charge on any atom is -0.394 e. The van der Waals surface area contributed by atoms with Crippen LogP contribution in [0.15, 0.2) is 42.5 Å². The number of anilines is 1. The second-order valence-corrected chi connectivity index (χ2v) is 11.2. The Morgan fingerprint density at radius 2 is 1.56 bits per heavy atom. The third-order valence-electron chi connectivity index (χ3n) is 8.77. The van der Waals surface area contributed by atoms with Crippen molar-refractivity contribution in [1.29, 1.82) is 0 Å². The van der Waals surface area contributed by atoms with Crippen molar-refractivity contribution >= 4 is 17.6 Å². The molecule has 3 saturated carbocycles. The molecule has 0 spiro atoms. The Labute approximate surface area is 210 Å².